The number of carbonyl (C=O) groups excluding carboxylic acids is 1. The maximum Gasteiger partial charge on any atom is 0.315 e. The van der Waals surface area contributed by atoms with Crippen LogP contribution in [-0.4, -0.2) is 37.1 Å². The third kappa shape index (κ3) is 6.16. The van der Waals surface area contributed by atoms with Gasteiger partial charge in [-0.3, -0.25) is 0 Å². The largest absolute Gasteiger partial charge is 0.338 e. The molecular weight excluding hydrogens is 298 g/mol. The van der Waals surface area contributed by atoms with Gasteiger partial charge in [0, 0.05) is 12.6 Å². The maximum absolute atomic E-state index is 12.2. The van der Waals surface area contributed by atoms with Crippen molar-refractivity contribution in [1.29, 1.82) is 0 Å². The molecular formula is C20H33N3O. The van der Waals surface area contributed by atoms with Crippen molar-refractivity contribution in [3.8, 4) is 0 Å². The summed E-state index contributed by atoms with van der Waals surface area (Å²) in [5, 5.41) is 6.18. The van der Waals surface area contributed by atoms with Gasteiger partial charge in [-0.05, 0) is 71.5 Å². The van der Waals surface area contributed by atoms with E-state index in [2.05, 4.69) is 67.6 Å². The normalized spacial score (nSPS) is 15.6. The number of unbranched alkanes of at least 4 members (excludes halogenated alkanes) is 1. The lowest BCUT2D eigenvalue weighted by Crippen LogP contribution is -2.39. The molecule has 24 heavy (non-hydrogen) atoms. The van der Waals surface area contributed by atoms with Crippen molar-refractivity contribution < 1.29 is 4.79 Å². The molecule has 2 rings (SSSR count). The molecule has 4 nitrogen and oxygen atoms in total. The minimum Gasteiger partial charge on any atom is -0.338 e. The topological polar surface area (TPSA) is 44.4 Å². The Hall–Kier alpha value is -1.55. The quantitative estimate of drug-likeness (QED) is 0.675. The number of aryl methyl sites for hydroxylation is 1. The molecule has 0 heterocycles. The lowest BCUT2D eigenvalue weighted by atomic mass is 10.0. The van der Waals surface area contributed by atoms with Gasteiger partial charge < -0.3 is 15.5 Å². The number of amides is 2. The highest BCUT2D eigenvalue weighted by Crippen LogP contribution is 2.40. The van der Waals surface area contributed by atoms with Crippen LogP contribution in [0.5, 0.6) is 0 Å². The van der Waals surface area contributed by atoms with Crippen LogP contribution >= 0.6 is 0 Å². The molecule has 2 N–H and O–H groups in total. The predicted octanol–water partition coefficient (Wildman–Crippen LogP) is 3.87. The van der Waals surface area contributed by atoms with E-state index in [0.717, 1.165) is 25.9 Å². The highest BCUT2D eigenvalue weighted by atomic mass is 16.2. The molecule has 0 radical (unpaired) electrons. The Balaban J connectivity index is 1.71. The third-order valence-corrected chi connectivity index (χ3v) is 4.92. The number of nitrogens with one attached hydrogen (secondary N) is 2. The van der Waals surface area contributed by atoms with Crippen LogP contribution in [0.25, 0.3) is 0 Å². The molecule has 1 aliphatic rings. The maximum atomic E-state index is 12.2. The van der Waals surface area contributed by atoms with Crippen LogP contribution in [0, 0.1) is 12.8 Å². The van der Waals surface area contributed by atoms with Crippen molar-refractivity contribution >= 4 is 6.03 Å². The van der Waals surface area contributed by atoms with E-state index >= 15 is 0 Å². The van der Waals surface area contributed by atoms with Gasteiger partial charge in [-0.15, -0.1) is 0 Å². The molecule has 1 aliphatic carbocycles. The zero-order valence-corrected chi connectivity index (χ0v) is 15.6. The molecule has 1 fully saturated rings. The monoisotopic (exact) mass is 331 g/mol. The van der Waals surface area contributed by atoms with Crippen molar-refractivity contribution in [2.24, 2.45) is 5.92 Å². The minimum atomic E-state index is -0.0373. The summed E-state index contributed by atoms with van der Waals surface area (Å²) < 4.78 is 0. The molecule has 0 bridgehead atoms. The van der Waals surface area contributed by atoms with Crippen LogP contribution < -0.4 is 10.6 Å². The van der Waals surface area contributed by atoms with Gasteiger partial charge in [-0.2, -0.15) is 0 Å². The first-order chi connectivity index (χ1) is 11.5. The molecule has 1 aromatic rings. The second kappa shape index (κ2) is 9.07. The number of carbonyl (C=O) groups is 1. The minimum absolute atomic E-state index is 0.0373. The Labute approximate surface area is 147 Å². The predicted molar refractivity (Wildman–Crippen MR) is 100 cm³/mol. The highest BCUT2D eigenvalue weighted by Gasteiger charge is 2.33. The smallest absolute Gasteiger partial charge is 0.315 e. The fraction of sp³-hybridized carbons (Fsp3) is 0.650. The summed E-state index contributed by atoms with van der Waals surface area (Å²) in [6, 6.07) is 9.21. The Morgan fingerprint density at radius 3 is 2.46 bits per heavy atom. The van der Waals surface area contributed by atoms with Crippen LogP contribution in [0.1, 0.15) is 56.7 Å². The number of rotatable bonds is 9. The van der Waals surface area contributed by atoms with Crippen molar-refractivity contribution in [1.82, 2.24) is 15.5 Å². The van der Waals surface area contributed by atoms with Gasteiger partial charge in [0.1, 0.15) is 0 Å². The molecule has 134 valence electrons. The van der Waals surface area contributed by atoms with E-state index in [1.54, 1.807) is 0 Å². The summed E-state index contributed by atoms with van der Waals surface area (Å²) in [6.07, 6.45) is 4.54. The lowest BCUT2D eigenvalue weighted by molar-refractivity contribution is 0.234. The van der Waals surface area contributed by atoms with Gasteiger partial charge in [-0.1, -0.05) is 29.8 Å². The van der Waals surface area contributed by atoms with Gasteiger partial charge in [-0.25, -0.2) is 4.79 Å². The molecule has 0 spiro atoms. The Bertz CT molecular complexity index is 508. The highest BCUT2D eigenvalue weighted by molar-refractivity contribution is 5.74. The standard InChI is InChI=1S/C20H33N3O/c1-15(2)23(4)14-6-5-13-21-20(24)22-19(18-11-12-18)17-9-7-16(3)8-10-17/h7-10,15,18-19H,5-6,11-14H2,1-4H3,(H2,21,22,24). The molecule has 0 aliphatic heterocycles. The second-order valence-electron chi connectivity index (χ2n) is 7.41. The van der Waals surface area contributed by atoms with E-state index in [1.165, 1.54) is 24.0 Å². The van der Waals surface area contributed by atoms with Gasteiger partial charge in [0.25, 0.3) is 0 Å². The number of benzene rings is 1. The van der Waals surface area contributed by atoms with Crippen LogP contribution in [-0.2, 0) is 0 Å². The molecule has 0 aromatic heterocycles. The summed E-state index contributed by atoms with van der Waals surface area (Å²) in [6.45, 7) is 8.31. The van der Waals surface area contributed by atoms with Crippen molar-refractivity contribution in [3.63, 3.8) is 0 Å². The Morgan fingerprint density at radius 1 is 1.21 bits per heavy atom. The zero-order valence-electron chi connectivity index (χ0n) is 15.6. The molecule has 1 unspecified atom stereocenters. The van der Waals surface area contributed by atoms with Crippen LogP contribution in [0.4, 0.5) is 4.79 Å². The molecule has 4 heteroatoms. The second-order valence-corrected chi connectivity index (χ2v) is 7.41. The van der Waals surface area contributed by atoms with Crippen LogP contribution in [0.3, 0.4) is 0 Å². The zero-order chi connectivity index (χ0) is 17.5. The number of urea groups is 1. The summed E-state index contributed by atoms with van der Waals surface area (Å²) in [5.41, 5.74) is 2.47. The van der Waals surface area contributed by atoms with Gasteiger partial charge in [0.05, 0.1) is 6.04 Å². The molecule has 1 atom stereocenters. The van der Waals surface area contributed by atoms with Crippen molar-refractivity contribution in [2.75, 3.05) is 20.1 Å². The van der Waals surface area contributed by atoms with E-state index < -0.39 is 0 Å². The van der Waals surface area contributed by atoms with E-state index in [1.807, 2.05) is 0 Å². The summed E-state index contributed by atoms with van der Waals surface area (Å²) >= 11 is 0. The fourth-order valence-corrected chi connectivity index (χ4v) is 2.82. The summed E-state index contributed by atoms with van der Waals surface area (Å²) in [5.74, 6) is 0.596. The number of hydrogen-bond acceptors (Lipinski definition) is 2. The average molecular weight is 332 g/mol. The van der Waals surface area contributed by atoms with E-state index in [-0.39, 0.29) is 12.1 Å². The van der Waals surface area contributed by atoms with Gasteiger partial charge in [0.15, 0.2) is 0 Å². The Kier molecular flexibility index (Phi) is 7.10. The third-order valence-electron chi connectivity index (χ3n) is 4.92. The Morgan fingerprint density at radius 2 is 1.88 bits per heavy atom. The van der Waals surface area contributed by atoms with E-state index in [9.17, 15) is 4.79 Å². The molecule has 1 saturated carbocycles. The first-order valence-corrected chi connectivity index (χ1v) is 9.28. The number of hydrogen-bond donors (Lipinski definition) is 2. The average Bonchev–Trinajstić information content (AvgIpc) is 3.37. The summed E-state index contributed by atoms with van der Waals surface area (Å²) in [7, 11) is 2.15. The molecule has 0 saturated heterocycles. The van der Waals surface area contributed by atoms with Gasteiger partial charge in [0.2, 0.25) is 0 Å². The first-order valence-electron chi connectivity index (χ1n) is 9.28. The first kappa shape index (κ1) is 18.8. The summed E-state index contributed by atoms with van der Waals surface area (Å²) in [4.78, 5) is 14.5. The van der Waals surface area contributed by atoms with Gasteiger partial charge >= 0.3 is 6.03 Å². The fourth-order valence-electron chi connectivity index (χ4n) is 2.82. The molecule has 1 aromatic carbocycles. The lowest BCUT2D eigenvalue weighted by Gasteiger charge is -2.21. The van der Waals surface area contributed by atoms with Crippen LogP contribution in [0.2, 0.25) is 0 Å². The van der Waals surface area contributed by atoms with Crippen molar-refractivity contribution in [3.05, 3.63) is 35.4 Å². The molecule has 2 amide bonds. The van der Waals surface area contributed by atoms with Crippen LogP contribution in [0.15, 0.2) is 24.3 Å². The number of nitrogens with zero attached hydrogens (tertiary/aromatic N) is 1. The van der Waals surface area contributed by atoms with Crippen molar-refractivity contribution in [2.45, 2.75) is 58.5 Å². The van der Waals surface area contributed by atoms with E-state index in [0.29, 0.717) is 12.0 Å². The van der Waals surface area contributed by atoms with E-state index in [4.69, 9.17) is 0 Å². The SMILES string of the molecule is Cc1ccc(C(NC(=O)NCCCCN(C)C(C)C)C2CC2)cc1.